The first-order chi connectivity index (χ1) is 9.97. The van der Waals surface area contributed by atoms with Crippen molar-refractivity contribution >= 4 is 29.3 Å². The molecular formula is C14H16ClN3O3. The molecule has 112 valence electrons. The number of imide groups is 1. The van der Waals surface area contributed by atoms with Gasteiger partial charge < -0.3 is 4.90 Å². The van der Waals surface area contributed by atoms with E-state index in [4.69, 9.17) is 11.6 Å². The Labute approximate surface area is 127 Å². The molecule has 1 aliphatic heterocycles. The van der Waals surface area contributed by atoms with E-state index in [2.05, 4.69) is 4.98 Å². The number of likely N-dealkylation sites (N-methyl/N-ethyl adjacent to an activating group) is 1. The number of pyridine rings is 1. The average Bonchev–Trinajstić information content (AvgIpc) is 2.72. The number of halogens is 1. The third-order valence-electron chi connectivity index (χ3n) is 3.46. The van der Waals surface area contributed by atoms with Crippen LogP contribution in [0.3, 0.4) is 0 Å². The van der Waals surface area contributed by atoms with Gasteiger partial charge in [0.1, 0.15) is 6.04 Å². The molecule has 1 saturated heterocycles. The van der Waals surface area contributed by atoms with Gasteiger partial charge in [0.05, 0.1) is 17.0 Å². The van der Waals surface area contributed by atoms with Crippen LogP contribution in [0, 0.1) is 0 Å². The summed E-state index contributed by atoms with van der Waals surface area (Å²) in [5.41, 5.74) is 0.287. The summed E-state index contributed by atoms with van der Waals surface area (Å²) < 4.78 is 0. The number of likely N-dealkylation sites (tertiary alicyclic amines) is 1. The number of amides is 3. The van der Waals surface area contributed by atoms with Gasteiger partial charge in [-0.2, -0.15) is 0 Å². The third-order valence-corrected chi connectivity index (χ3v) is 3.76. The number of nitrogens with zero attached hydrogens (tertiary/aromatic N) is 3. The van der Waals surface area contributed by atoms with E-state index in [-0.39, 0.29) is 34.7 Å². The van der Waals surface area contributed by atoms with Crippen molar-refractivity contribution in [3.05, 3.63) is 29.0 Å². The van der Waals surface area contributed by atoms with Crippen LogP contribution in [0.1, 0.15) is 30.1 Å². The highest BCUT2D eigenvalue weighted by Crippen LogP contribution is 2.22. The molecule has 6 nitrogen and oxygen atoms in total. The first kappa shape index (κ1) is 15.4. The molecule has 0 aromatic carbocycles. The molecule has 0 aliphatic carbocycles. The molecule has 0 bridgehead atoms. The maximum absolute atomic E-state index is 12.6. The van der Waals surface area contributed by atoms with Gasteiger partial charge in [0, 0.05) is 26.0 Å². The Morgan fingerprint density at radius 2 is 2.24 bits per heavy atom. The van der Waals surface area contributed by atoms with Gasteiger partial charge in [-0.25, -0.2) is 0 Å². The lowest BCUT2D eigenvalue weighted by molar-refractivity contribution is -0.137. The second-order valence-electron chi connectivity index (χ2n) is 4.86. The minimum absolute atomic E-state index is 0.0176. The SMILES string of the molecule is CCCN(C(=O)c1ccncc1Cl)C1CC(=O)N(C)C1=O. The minimum atomic E-state index is -0.751. The van der Waals surface area contributed by atoms with Gasteiger partial charge in [-0.1, -0.05) is 18.5 Å². The fraction of sp³-hybridized carbons (Fsp3) is 0.429. The van der Waals surface area contributed by atoms with Gasteiger partial charge in [0.2, 0.25) is 5.91 Å². The van der Waals surface area contributed by atoms with E-state index in [0.29, 0.717) is 13.0 Å². The maximum atomic E-state index is 12.6. The molecule has 0 N–H and O–H groups in total. The Bertz CT molecular complexity index is 591. The molecule has 1 unspecified atom stereocenters. The molecule has 1 aromatic rings. The predicted octanol–water partition coefficient (Wildman–Crippen LogP) is 1.34. The zero-order valence-electron chi connectivity index (χ0n) is 11.9. The lowest BCUT2D eigenvalue weighted by atomic mass is 10.1. The second-order valence-corrected chi connectivity index (χ2v) is 5.27. The van der Waals surface area contributed by atoms with E-state index in [1.165, 1.54) is 30.4 Å². The van der Waals surface area contributed by atoms with Crippen LogP contribution in [0.15, 0.2) is 18.5 Å². The van der Waals surface area contributed by atoms with Crippen molar-refractivity contribution in [2.75, 3.05) is 13.6 Å². The Kier molecular flexibility index (Phi) is 4.57. The summed E-state index contributed by atoms with van der Waals surface area (Å²) in [6, 6.07) is 0.761. The topological polar surface area (TPSA) is 70.6 Å². The van der Waals surface area contributed by atoms with Crippen LogP contribution in [0.2, 0.25) is 5.02 Å². The minimum Gasteiger partial charge on any atom is -0.326 e. The zero-order valence-corrected chi connectivity index (χ0v) is 12.6. The Morgan fingerprint density at radius 3 is 2.76 bits per heavy atom. The van der Waals surface area contributed by atoms with Gasteiger partial charge in [-0.05, 0) is 12.5 Å². The summed E-state index contributed by atoms with van der Waals surface area (Å²) in [6.45, 7) is 2.29. The highest BCUT2D eigenvalue weighted by Gasteiger charge is 2.41. The molecule has 2 heterocycles. The van der Waals surface area contributed by atoms with E-state index < -0.39 is 6.04 Å². The Morgan fingerprint density at radius 1 is 1.52 bits per heavy atom. The van der Waals surface area contributed by atoms with Gasteiger partial charge >= 0.3 is 0 Å². The summed E-state index contributed by atoms with van der Waals surface area (Å²) >= 11 is 5.99. The normalized spacial score (nSPS) is 18.2. The van der Waals surface area contributed by atoms with Crippen molar-refractivity contribution in [2.45, 2.75) is 25.8 Å². The number of carbonyl (C=O) groups is 3. The summed E-state index contributed by atoms with van der Waals surface area (Å²) in [4.78, 5) is 42.7. The average molecular weight is 310 g/mol. The number of carbonyl (C=O) groups excluding carboxylic acids is 3. The van der Waals surface area contributed by atoms with Crippen LogP contribution in [0.5, 0.6) is 0 Å². The molecule has 1 aromatic heterocycles. The summed E-state index contributed by atoms with van der Waals surface area (Å²) in [6.07, 6.45) is 3.55. The van der Waals surface area contributed by atoms with Gasteiger partial charge in [-0.3, -0.25) is 24.3 Å². The lowest BCUT2D eigenvalue weighted by Gasteiger charge is -2.27. The van der Waals surface area contributed by atoms with Crippen LogP contribution in [-0.4, -0.2) is 52.1 Å². The first-order valence-corrected chi connectivity index (χ1v) is 7.06. The highest BCUT2D eigenvalue weighted by molar-refractivity contribution is 6.33. The molecule has 21 heavy (non-hydrogen) atoms. The molecule has 1 aliphatic rings. The molecule has 0 radical (unpaired) electrons. The monoisotopic (exact) mass is 309 g/mol. The maximum Gasteiger partial charge on any atom is 0.256 e. The molecule has 1 fully saturated rings. The van der Waals surface area contributed by atoms with Crippen LogP contribution < -0.4 is 0 Å². The van der Waals surface area contributed by atoms with Crippen molar-refractivity contribution in [3.8, 4) is 0 Å². The van der Waals surface area contributed by atoms with Crippen LogP contribution in [-0.2, 0) is 9.59 Å². The zero-order chi connectivity index (χ0) is 15.6. The fourth-order valence-electron chi connectivity index (χ4n) is 2.32. The van der Waals surface area contributed by atoms with Gasteiger partial charge in [-0.15, -0.1) is 0 Å². The fourth-order valence-corrected chi connectivity index (χ4v) is 2.52. The van der Waals surface area contributed by atoms with E-state index in [9.17, 15) is 14.4 Å². The largest absolute Gasteiger partial charge is 0.326 e. The summed E-state index contributed by atoms with van der Waals surface area (Å²) in [5, 5.41) is 0.230. The van der Waals surface area contributed by atoms with Gasteiger partial charge in [0.25, 0.3) is 11.8 Å². The number of hydrogen-bond acceptors (Lipinski definition) is 4. The van der Waals surface area contributed by atoms with Gasteiger partial charge in [0.15, 0.2) is 0 Å². The van der Waals surface area contributed by atoms with Crippen molar-refractivity contribution in [1.82, 2.24) is 14.8 Å². The van der Waals surface area contributed by atoms with Crippen LogP contribution in [0.25, 0.3) is 0 Å². The Balaban J connectivity index is 2.32. The van der Waals surface area contributed by atoms with Crippen molar-refractivity contribution in [1.29, 1.82) is 0 Å². The molecular weight excluding hydrogens is 294 g/mol. The standard InChI is InChI=1S/C14H16ClN3O3/c1-3-6-18(11-7-12(19)17(2)14(11)21)13(20)9-4-5-16-8-10(9)15/h4-5,8,11H,3,6-7H2,1-2H3. The van der Waals surface area contributed by atoms with Crippen molar-refractivity contribution in [3.63, 3.8) is 0 Å². The van der Waals surface area contributed by atoms with E-state index >= 15 is 0 Å². The summed E-state index contributed by atoms with van der Waals surface area (Å²) in [7, 11) is 1.43. The van der Waals surface area contributed by atoms with Crippen molar-refractivity contribution in [2.24, 2.45) is 0 Å². The van der Waals surface area contributed by atoms with E-state index in [1.54, 1.807) is 0 Å². The van der Waals surface area contributed by atoms with E-state index in [0.717, 1.165) is 4.90 Å². The quantitative estimate of drug-likeness (QED) is 0.787. The van der Waals surface area contributed by atoms with E-state index in [1.807, 2.05) is 6.92 Å². The molecule has 1 atom stereocenters. The molecule has 0 spiro atoms. The third kappa shape index (κ3) is 2.90. The first-order valence-electron chi connectivity index (χ1n) is 6.68. The molecule has 7 heteroatoms. The summed E-state index contributed by atoms with van der Waals surface area (Å²) in [5.74, 6) is -0.989. The lowest BCUT2D eigenvalue weighted by Crippen LogP contribution is -2.45. The smallest absolute Gasteiger partial charge is 0.256 e. The number of hydrogen-bond donors (Lipinski definition) is 0. The second kappa shape index (κ2) is 6.22. The predicted molar refractivity (Wildman–Crippen MR) is 76.8 cm³/mol. The number of rotatable bonds is 4. The number of aromatic nitrogens is 1. The molecule has 2 rings (SSSR count). The Hall–Kier alpha value is -1.95. The van der Waals surface area contributed by atoms with Crippen LogP contribution >= 0.6 is 11.6 Å². The molecule has 0 saturated carbocycles. The van der Waals surface area contributed by atoms with Crippen LogP contribution in [0.4, 0.5) is 0 Å². The van der Waals surface area contributed by atoms with Crippen molar-refractivity contribution < 1.29 is 14.4 Å². The molecule has 3 amide bonds. The highest BCUT2D eigenvalue weighted by atomic mass is 35.5.